The molecule has 20 heavy (non-hydrogen) atoms. The molecule has 106 valence electrons. The van der Waals surface area contributed by atoms with Gasteiger partial charge < -0.3 is 5.73 Å². The van der Waals surface area contributed by atoms with Crippen LogP contribution in [-0.2, 0) is 13.1 Å². The molecule has 0 unspecified atom stereocenters. The van der Waals surface area contributed by atoms with Crippen molar-refractivity contribution < 1.29 is 0 Å². The van der Waals surface area contributed by atoms with Crippen LogP contribution in [0, 0.1) is 0 Å². The molecule has 0 radical (unpaired) electrons. The Labute approximate surface area is 126 Å². The Morgan fingerprint density at radius 3 is 2.25 bits per heavy atom. The summed E-state index contributed by atoms with van der Waals surface area (Å²) in [5.41, 5.74) is 9.05. The normalized spacial score (nSPS) is 11.2. The van der Waals surface area contributed by atoms with Crippen LogP contribution in [0.1, 0.15) is 25.0 Å². The Kier molecular flexibility index (Phi) is 5.05. The third kappa shape index (κ3) is 4.26. The van der Waals surface area contributed by atoms with Gasteiger partial charge in [0.05, 0.1) is 0 Å². The zero-order chi connectivity index (χ0) is 14.5. The molecular formula is C17H21ClN2. The number of benzene rings is 2. The monoisotopic (exact) mass is 288 g/mol. The van der Waals surface area contributed by atoms with E-state index in [1.54, 1.807) is 0 Å². The van der Waals surface area contributed by atoms with Gasteiger partial charge in [0.1, 0.15) is 0 Å². The topological polar surface area (TPSA) is 29.3 Å². The van der Waals surface area contributed by atoms with E-state index >= 15 is 0 Å². The Morgan fingerprint density at radius 1 is 1.00 bits per heavy atom. The van der Waals surface area contributed by atoms with Crippen molar-refractivity contribution in [1.82, 2.24) is 4.90 Å². The maximum Gasteiger partial charge on any atom is 0.0409 e. The highest BCUT2D eigenvalue weighted by molar-refractivity contribution is 6.30. The number of hydrogen-bond donors (Lipinski definition) is 1. The summed E-state index contributed by atoms with van der Waals surface area (Å²) in [5.74, 6) is 0. The molecule has 0 spiro atoms. The molecule has 0 aromatic heterocycles. The molecule has 0 aliphatic carbocycles. The molecule has 2 aromatic rings. The number of nitrogen functional groups attached to an aromatic ring is 1. The number of hydrogen-bond acceptors (Lipinski definition) is 2. The molecule has 2 aromatic carbocycles. The standard InChI is InChI=1S/C17H21ClN2/c1-13(2)20(11-14-6-8-17(19)9-7-14)12-15-4-3-5-16(18)10-15/h3-10,13H,11-12,19H2,1-2H3. The number of halogens is 1. The second-order valence-corrected chi connectivity index (χ2v) is 5.81. The Morgan fingerprint density at radius 2 is 1.65 bits per heavy atom. The van der Waals surface area contributed by atoms with Crippen LogP contribution in [0.15, 0.2) is 48.5 Å². The van der Waals surface area contributed by atoms with Gasteiger partial charge in [0.2, 0.25) is 0 Å². The van der Waals surface area contributed by atoms with Gasteiger partial charge in [-0.05, 0) is 49.2 Å². The van der Waals surface area contributed by atoms with Crippen LogP contribution in [0.5, 0.6) is 0 Å². The fourth-order valence-electron chi connectivity index (χ4n) is 2.15. The molecule has 2 nitrogen and oxygen atoms in total. The fourth-order valence-corrected chi connectivity index (χ4v) is 2.36. The first-order chi connectivity index (χ1) is 9.54. The number of nitrogens with zero attached hydrogens (tertiary/aromatic N) is 1. The van der Waals surface area contributed by atoms with E-state index in [2.05, 4.69) is 36.9 Å². The van der Waals surface area contributed by atoms with E-state index in [0.717, 1.165) is 23.8 Å². The highest BCUT2D eigenvalue weighted by atomic mass is 35.5. The molecule has 2 N–H and O–H groups in total. The van der Waals surface area contributed by atoms with Crippen LogP contribution >= 0.6 is 11.6 Å². The van der Waals surface area contributed by atoms with Crippen LogP contribution in [-0.4, -0.2) is 10.9 Å². The summed E-state index contributed by atoms with van der Waals surface area (Å²) in [6, 6.07) is 16.6. The van der Waals surface area contributed by atoms with Crippen LogP contribution in [0.4, 0.5) is 5.69 Å². The quantitative estimate of drug-likeness (QED) is 0.830. The zero-order valence-electron chi connectivity index (χ0n) is 12.0. The zero-order valence-corrected chi connectivity index (χ0v) is 12.8. The molecule has 3 heteroatoms. The lowest BCUT2D eigenvalue weighted by Gasteiger charge is -2.26. The van der Waals surface area contributed by atoms with Crippen LogP contribution in [0.25, 0.3) is 0 Å². The van der Waals surface area contributed by atoms with Crippen LogP contribution < -0.4 is 5.73 Å². The van der Waals surface area contributed by atoms with Gasteiger partial charge in [-0.3, -0.25) is 4.90 Å². The van der Waals surface area contributed by atoms with Gasteiger partial charge in [0.15, 0.2) is 0 Å². The first-order valence-corrected chi connectivity index (χ1v) is 7.25. The third-order valence-electron chi connectivity index (χ3n) is 3.37. The molecule has 0 aliphatic heterocycles. The minimum Gasteiger partial charge on any atom is -0.399 e. The minimum atomic E-state index is 0.464. The predicted octanol–water partition coefficient (Wildman–Crippen LogP) is 4.33. The lowest BCUT2D eigenvalue weighted by atomic mass is 10.1. The number of nitrogens with two attached hydrogens (primary N) is 1. The first kappa shape index (κ1) is 14.9. The maximum atomic E-state index is 6.05. The fraction of sp³-hybridized carbons (Fsp3) is 0.294. The smallest absolute Gasteiger partial charge is 0.0409 e. The van der Waals surface area contributed by atoms with Crippen LogP contribution in [0.3, 0.4) is 0 Å². The average Bonchev–Trinajstić information content (AvgIpc) is 2.40. The van der Waals surface area contributed by atoms with Gasteiger partial charge in [-0.2, -0.15) is 0 Å². The molecule has 2 rings (SSSR count). The SMILES string of the molecule is CC(C)N(Cc1ccc(N)cc1)Cc1cccc(Cl)c1. The number of anilines is 1. The molecule has 0 atom stereocenters. The summed E-state index contributed by atoms with van der Waals surface area (Å²) in [6.45, 7) is 6.22. The third-order valence-corrected chi connectivity index (χ3v) is 3.61. The molecule has 0 heterocycles. The molecule has 0 amide bonds. The highest BCUT2D eigenvalue weighted by Gasteiger charge is 2.11. The largest absolute Gasteiger partial charge is 0.399 e. The summed E-state index contributed by atoms with van der Waals surface area (Å²) >= 11 is 6.05. The lowest BCUT2D eigenvalue weighted by Crippen LogP contribution is -2.29. The van der Waals surface area contributed by atoms with Gasteiger partial charge in [-0.25, -0.2) is 0 Å². The van der Waals surface area contributed by atoms with Crippen molar-refractivity contribution in [3.05, 3.63) is 64.7 Å². The molecule has 0 bridgehead atoms. The molecule has 0 saturated heterocycles. The summed E-state index contributed by atoms with van der Waals surface area (Å²) in [6.07, 6.45) is 0. The van der Waals surface area contributed by atoms with Crippen molar-refractivity contribution in [3.63, 3.8) is 0 Å². The van der Waals surface area contributed by atoms with E-state index in [4.69, 9.17) is 17.3 Å². The van der Waals surface area contributed by atoms with E-state index in [9.17, 15) is 0 Å². The molecule has 0 fully saturated rings. The number of rotatable bonds is 5. The maximum absolute atomic E-state index is 6.05. The Bertz CT molecular complexity index is 549. The lowest BCUT2D eigenvalue weighted by molar-refractivity contribution is 0.203. The van der Waals surface area contributed by atoms with Crippen molar-refractivity contribution in [2.24, 2.45) is 0 Å². The van der Waals surface area contributed by atoms with Gasteiger partial charge >= 0.3 is 0 Å². The van der Waals surface area contributed by atoms with E-state index in [-0.39, 0.29) is 0 Å². The van der Waals surface area contributed by atoms with Crippen molar-refractivity contribution in [3.8, 4) is 0 Å². The molecular weight excluding hydrogens is 268 g/mol. The summed E-state index contributed by atoms with van der Waals surface area (Å²) in [7, 11) is 0. The Hall–Kier alpha value is -1.51. The second kappa shape index (κ2) is 6.78. The first-order valence-electron chi connectivity index (χ1n) is 6.87. The summed E-state index contributed by atoms with van der Waals surface area (Å²) in [5, 5.41) is 0.790. The van der Waals surface area contributed by atoms with Crippen molar-refractivity contribution in [2.45, 2.75) is 33.0 Å². The summed E-state index contributed by atoms with van der Waals surface area (Å²) in [4.78, 5) is 2.41. The van der Waals surface area contributed by atoms with Crippen LogP contribution in [0.2, 0.25) is 5.02 Å². The van der Waals surface area contributed by atoms with Gasteiger partial charge in [-0.15, -0.1) is 0 Å². The average molecular weight is 289 g/mol. The van der Waals surface area contributed by atoms with Crippen molar-refractivity contribution >= 4 is 17.3 Å². The van der Waals surface area contributed by atoms with Crippen molar-refractivity contribution in [1.29, 1.82) is 0 Å². The second-order valence-electron chi connectivity index (χ2n) is 5.37. The Balaban J connectivity index is 2.09. The van der Waals surface area contributed by atoms with E-state index < -0.39 is 0 Å². The predicted molar refractivity (Wildman–Crippen MR) is 86.7 cm³/mol. The highest BCUT2D eigenvalue weighted by Crippen LogP contribution is 2.17. The minimum absolute atomic E-state index is 0.464. The molecule has 0 saturated carbocycles. The van der Waals surface area contributed by atoms with E-state index in [1.807, 2.05) is 30.3 Å². The van der Waals surface area contributed by atoms with E-state index in [1.165, 1.54) is 11.1 Å². The van der Waals surface area contributed by atoms with Gasteiger partial charge in [0.25, 0.3) is 0 Å². The van der Waals surface area contributed by atoms with Gasteiger partial charge in [0, 0.05) is 29.8 Å². The van der Waals surface area contributed by atoms with E-state index in [0.29, 0.717) is 6.04 Å². The van der Waals surface area contributed by atoms with Crippen molar-refractivity contribution in [2.75, 3.05) is 5.73 Å². The summed E-state index contributed by atoms with van der Waals surface area (Å²) < 4.78 is 0. The molecule has 0 aliphatic rings. The van der Waals surface area contributed by atoms with Gasteiger partial charge in [-0.1, -0.05) is 35.9 Å².